The average Bonchev–Trinajstić information content (AvgIpc) is 2.89. The molecule has 2 amide bonds. The number of nitrogens with zero attached hydrogens (tertiary/aromatic N) is 4. The Morgan fingerprint density at radius 2 is 1.64 bits per heavy atom. The van der Waals surface area contributed by atoms with E-state index < -0.39 is 0 Å². The van der Waals surface area contributed by atoms with Gasteiger partial charge in [-0.3, -0.25) is 9.59 Å². The minimum Gasteiger partial charge on any atom is -0.378 e. The number of carbonyl (C=O) groups is 2. The SMILES string of the molecule is O=C(CC1CCCCC1)N1CCN(c2cc(C(=O)N3CCOCC3)c3ccccc3n2)CC1. The molecule has 3 heterocycles. The maximum atomic E-state index is 13.4. The van der Waals surface area contributed by atoms with Gasteiger partial charge in [0.1, 0.15) is 5.82 Å². The average molecular weight is 451 g/mol. The van der Waals surface area contributed by atoms with Gasteiger partial charge < -0.3 is 19.4 Å². The molecule has 0 unspecified atom stereocenters. The number of ether oxygens (including phenoxy) is 1. The van der Waals surface area contributed by atoms with E-state index in [1.165, 1.54) is 32.1 Å². The highest BCUT2D eigenvalue weighted by Crippen LogP contribution is 2.28. The molecular weight excluding hydrogens is 416 g/mol. The van der Waals surface area contributed by atoms with Crippen LogP contribution in [-0.2, 0) is 9.53 Å². The maximum absolute atomic E-state index is 13.4. The number of aromatic nitrogens is 1. The Morgan fingerprint density at radius 1 is 0.909 bits per heavy atom. The number of para-hydroxylation sites is 1. The fourth-order valence-corrected chi connectivity index (χ4v) is 5.39. The normalized spacial score (nSPS) is 20.3. The second kappa shape index (κ2) is 10.1. The van der Waals surface area contributed by atoms with Crippen LogP contribution in [0.15, 0.2) is 30.3 Å². The van der Waals surface area contributed by atoms with Crippen LogP contribution >= 0.6 is 0 Å². The standard InChI is InChI=1S/C26H34N4O3/c31-25(18-20-6-2-1-3-7-20)29-12-10-28(11-13-29)24-19-22(21-8-4-5-9-23(21)27-24)26(32)30-14-16-33-17-15-30/h4-5,8-9,19-20H,1-3,6-7,10-18H2. The zero-order valence-corrected chi connectivity index (χ0v) is 19.4. The number of piperazine rings is 1. The quantitative estimate of drug-likeness (QED) is 0.715. The van der Waals surface area contributed by atoms with Gasteiger partial charge in [0.15, 0.2) is 0 Å². The fraction of sp³-hybridized carbons (Fsp3) is 0.577. The molecule has 0 radical (unpaired) electrons. The van der Waals surface area contributed by atoms with E-state index in [9.17, 15) is 9.59 Å². The van der Waals surface area contributed by atoms with Gasteiger partial charge in [0.25, 0.3) is 5.91 Å². The molecule has 1 aliphatic carbocycles. The highest BCUT2D eigenvalue weighted by atomic mass is 16.5. The monoisotopic (exact) mass is 450 g/mol. The zero-order chi connectivity index (χ0) is 22.6. The molecule has 0 bridgehead atoms. The molecule has 3 fully saturated rings. The number of fused-ring (bicyclic) bond motifs is 1. The van der Waals surface area contributed by atoms with Crippen molar-refractivity contribution < 1.29 is 14.3 Å². The summed E-state index contributed by atoms with van der Waals surface area (Å²) in [5.41, 5.74) is 1.54. The van der Waals surface area contributed by atoms with E-state index in [1.807, 2.05) is 40.1 Å². The number of morpholine rings is 1. The summed E-state index contributed by atoms with van der Waals surface area (Å²) in [5, 5.41) is 0.888. The van der Waals surface area contributed by atoms with E-state index in [0.29, 0.717) is 63.2 Å². The van der Waals surface area contributed by atoms with Gasteiger partial charge in [0, 0.05) is 51.1 Å². The van der Waals surface area contributed by atoms with Crippen LogP contribution < -0.4 is 4.90 Å². The molecule has 1 saturated carbocycles. The minimum atomic E-state index is 0.0412. The van der Waals surface area contributed by atoms with E-state index in [2.05, 4.69) is 4.90 Å². The van der Waals surface area contributed by atoms with Crippen LogP contribution in [0, 0.1) is 5.92 Å². The van der Waals surface area contributed by atoms with Crippen molar-refractivity contribution in [1.82, 2.24) is 14.8 Å². The van der Waals surface area contributed by atoms with Gasteiger partial charge in [-0.15, -0.1) is 0 Å². The Labute approximate surface area is 195 Å². The van der Waals surface area contributed by atoms with Crippen molar-refractivity contribution in [3.63, 3.8) is 0 Å². The molecular formula is C26H34N4O3. The third-order valence-electron chi connectivity index (χ3n) is 7.38. The summed E-state index contributed by atoms with van der Waals surface area (Å²) < 4.78 is 5.42. The Balaban J connectivity index is 1.30. The summed E-state index contributed by atoms with van der Waals surface area (Å²) in [6.45, 7) is 5.32. The van der Waals surface area contributed by atoms with Gasteiger partial charge in [0.2, 0.25) is 5.91 Å². The number of rotatable bonds is 4. The van der Waals surface area contributed by atoms with Crippen molar-refractivity contribution >= 4 is 28.5 Å². The lowest BCUT2D eigenvalue weighted by molar-refractivity contribution is -0.132. The summed E-state index contributed by atoms with van der Waals surface area (Å²) >= 11 is 0. The molecule has 5 rings (SSSR count). The first kappa shape index (κ1) is 22.1. The van der Waals surface area contributed by atoms with Crippen LogP contribution in [0.4, 0.5) is 5.82 Å². The molecule has 176 valence electrons. The highest BCUT2D eigenvalue weighted by Gasteiger charge is 2.27. The first-order valence-corrected chi connectivity index (χ1v) is 12.5. The molecule has 2 aliphatic heterocycles. The molecule has 3 aliphatic rings. The molecule has 1 aromatic heterocycles. The van der Waals surface area contributed by atoms with Crippen LogP contribution in [0.25, 0.3) is 10.9 Å². The van der Waals surface area contributed by atoms with Crippen molar-refractivity contribution in [3.8, 4) is 0 Å². The number of anilines is 1. The van der Waals surface area contributed by atoms with Crippen LogP contribution in [-0.4, -0.2) is 79.1 Å². The summed E-state index contributed by atoms with van der Waals surface area (Å²) in [6, 6.07) is 9.81. The van der Waals surface area contributed by atoms with E-state index in [0.717, 1.165) is 29.8 Å². The third kappa shape index (κ3) is 4.98. The van der Waals surface area contributed by atoms with Crippen molar-refractivity contribution in [2.24, 2.45) is 5.92 Å². The Morgan fingerprint density at radius 3 is 2.39 bits per heavy atom. The van der Waals surface area contributed by atoms with Crippen molar-refractivity contribution in [1.29, 1.82) is 0 Å². The van der Waals surface area contributed by atoms with E-state index in [4.69, 9.17) is 9.72 Å². The van der Waals surface area contributed by atoms with Crippen molar-refractivity contribution in [3.05, 3.63) is 35.9 Å². The van der Waals surface area contributed by atoms with Crippen LogP contribution in [0.2, 0.25) is 0 Å². The molecule has 7 heteroatoms. The molecule has 0 atom stereocenters. The smallest absolute Gasteiger partial charge is 0.254 e. The summed E-state index contributed by atoms with van der Waals surface area (Å²) in [6.07, 6.45) is 6.96. The molecule has 2 aromatic rings. The van der Waals surface area contributed by atoms with Gasteiger partial charge in [-0.25, -0.2) is 4.98 Å². The van der Waals surface area contributed by atoms with Crippen LogP contribution in [0.3, 0.4) is 0 Å². The zero-order valence-electron chi connectivity index (χ0n) is 19.4. The van der Waals surface area contributed by atoms with E-state index in [1.54, 1.807) is 0 Å². The number of benzene rings is 1. The fourth-order valence-electron chi connectivity index (χ4n) is 5.39. The molecule has 0 spiro atoms. The minimum absolute atomic E-state index is 0.0412. The molecule has 1 aromatic carbocycles. The largest absolute Gasteiger partial charge is 0.378 e. The summed E-state index contributed by atoms with van der Waals surface area (Å²) in [7, 11) is 0. The van der Waals surface area contributed by atoms with E-state index in [-0.39, 0.29) is 5.91 Å². The van der Waals surface area contributed by atoms with Gasteiger partial charge in [0.05, 0.1) is 24.3 Å². The lowest BCUT2D eigenvalue weighted by Crippen LogP contribution is -2.49. The number of amides is 2. The second-order valence-electron chi connectivity index (χ2n) is 9.53. The molecule has 2 saturated heterocycles. The molecule has 0 N–H and O–H groups in total. The maximum Gasteiger partial charge on any atom is 0.254 e. The van der Waals surface area contributed by atoms with Gasteiger partial charge in [-0.05, 0) is 30.9 Å². The number of pyridine rings is 1. The predicted molar refractivity (Wildman–Crippen MR) is 128 cm³/mol. The van der Waals surface area contributed by atoms with E-state index >= 15 is 0 Å². The van der Waals surface area contributed by atoms with Crippen molar-refractivity contribution in [2.75, 3.05) is 57.4 Å². The number of hydrogen-bond donors (Lipinski definition) is 0. The molecule has 33 heavy (non-hydrogen) atoms. The highest BCUT2D eigenvalue weighted by molar-refractivity contribution is 6.07. The van der Waals surface area contributed by atoms with Crippen molar-refractivity contribution in [2.45, 2.75) is 38.5 Å². The predicted octanol–water partition coefficient (Wildman–Crippen LogP) is 3.33. The lowest BCUT2D eigenvalue weighted by atomic mass is 9.86. The third-order valence-corrected chi connectivity index (χ3v) is 7.38. The van der Waals surface area contributed by atoms with Gasteiger partial charge in [-0.1, -0.05) is 37.5 Å². The first-order valence-electron chi connectivity index (χ1n) is 12.5. The van der Waals surface area contributed by atoms with Gasteiger partial charge >= 0.3 is 0 Å². The van der Waals surface area contributed by atoms with Crippen LogP contribution in [0.5, 0.6) is 0 Å². The second-order valence-corrected chi connectivity index (χ2v) is 9.53. The molecule has 7 nitrogen and oxygen atoms in total. The number of hydrogen-bond acceptors (Lipinski definition) is 5. The first-order chi connectivity index (χ1) is 16.2. The van der Waals surface area contributed by atoms with Gasteiger partial charge in [-0.2, -0.15) is 0 Å². The topological polar surface area (TPSA) is 66.0 Å². The van der Waals surface area contributed by atoms with Crippen LogP contribution in [0.1, 0.15) is 48.9 Å². The Hall–Kier alpha value is -2.67. The summed E-state index contributed by atoms with van der Waals surface area (Å²) in [4.78, 5) is 37.2. The Kier molecular flexibility index (Phi) is 6.76. The number of carbonyl (C=O) groups excluding carboxylic acids is 2. The Bertz CT molecular complexity index is 990. The summed E-state index contributed by atoms with van der Waals surface area (Å²) in [5.74, 6) is 1.74. The lowest BCUT2D eigenvalue weighted by Gasteiger charge is -2.36.